The Bertz CT molecular complexity index is 1180. The number of esters is 1. The monoisotopic (exact) mass is 766 g/mol. The zero-order chi connectivity index (χ0) is 33.2. The summed E-state index contributed by atoms with van der Waals surface area (Å²) < 4.78 is 18.9. The molecule has 2 unspecified atom stereocenters. The average Bonchev–Trinajstić information content (AvgIpc) is 2.85. The number of rotatable bonds is 6. The van der Waals surface area contributed by atoms with Crippen LogP contribution in [0.25, 0.3) is 0 Å². The van der Waals surface area contributed by atoms with Gasteiger partial charge in [-0.05, 0) is 70.0 Å². The first kappa shape index (κ1) is 46.2. The number of alkyl carbamates (subject to hydrolysis) is 1. The highest BCUT2D eigenvalue weighted by molar-refractivity contribution is 8.26. The number of carboxylic acid groups (broad SMARTS) is 1. The van der Waals surface area contributed by atoms with Gasteiger partial charge in [0.25, 0.3) is 0 Å². The number of hydrogen-bond donors (Lipinski definition) is 4. The smallest absolute Gasteiger partial charge is 0.408 e. The molecular formula is C25H33Cl7N2O8S. The third-order valence-electron chi connectivity index (χ3n) is 4.03. The first-order valence-electron chi connectivity index (χ1n) is 11.7. The van der Waals surface area contributed by atoms with E-state index in [0.29, 0.717) is 32.8 Å². The normalized spacial score (nSPS) is 11.4. The highest BCUT2D eigenvalue weighted by Gasteiger charge is 2.26. The van der Waals surface area contributed by atoms with Crippen molar-refractivity contribution in [2.75, 3.05) is 13.2 Å². The molecule has 2 rings (SSSR count). The van der Waals surface area contributed by atoms with Crippen molar-refractivity contribution in [1.29, 1.82) is 0 Å². The van der Waals surface area contributed by atoms with Crippen LogP contribution in [0.15, 0.2) is 36.4 Å². The Kier molecular flexibility index (Phi) is 25.8. The molecule has 0 saturated carbocycles. The zero-order valence-corrected chi connectivity index (χ0v) is 29.7. The molecule has 246 valence electrons. The van der Waals surface area contributed by atoms with Gasteiger partial charge in [0, 0.05) is 28.0 Å². The molecule has 0 aliphatic heterocycles. The van der Waals surface area contributed by atoms with Crippen LogP contribution in [0, 0.1) is 0 Å². The molecule has 0 saturated heterocycles. The number of halogens is 7. The molecule has 2 atom stereocenters. The van der Waals surface area contributed by atoms with Gasteiger partial charge in [0.15, 0.2) is 6.04 Å². The number of nitrogens with two attached hydrogens (primary N) is 1. The molecule has 0 aromatic heterocycles. The minimum atomic E-state index is -1.67. The lowest BCUT2D eigenvalue weighted by Gasteiger charge is -2.22. The second-order valence-corrected chi connectivity index (χ2v) is 12.6. The SMILES string of the molecule is CC(C)(C)OC(=O)NC(C(=O)O)c1ccc(Cl)c(Cl)c1.CCO.CCOC(=O)C(N)c1ccc(Cl)c(Cl)c1.Cl.O=S(Cl)Cl. The largest absolute Gasteiger partial charge is 0.479 e. The molecule has 0 spiro atoms. The summed E-state index contributed by atoms with van der Waals surface area (Å²) in [5, 5.41) is 20.3. The van der Waals surface area contributed by atoms with Crippen molar-refractivity contribution in [2.45, 2.75) is 52.3 Å². The Morgan fingerprint density at radius 2 is 1.33 bits per heavy atom. The van der Waals surface area contributed by atoms with E-state index in [4.69, 9.17) is 70.9 Å². The van der Waals surface area contributed by atoms with Crippen LogP contribution in [0.2, 0.25) is 20.1 Å². The molecule has 5 N–H and O–H groups in total. The number of aliphatic hydroxyl groups is 1. The third kappa shape index (κ3) is 22.0. The van der Waals surface area contributed by atoms with Crippen LogP contribution in [-0.2, 0) is 28.3 Å². The van der Waals surface area contributed by atoms with Gasteiger partial charge >= 0.3 is 18.0 Å². The van der Waals surface area contributed by atoms with E-state index < -0.39 is 44.9 Å². The van der Waals surface area contributed by atoms with E-state index in [0.717, 1.165) is 0 Å². The molecule has 2 aromatic carbocycles. The van der Waals surface area contributed by atoms with Gasteiger partial charge < -0.3 is 30.7 Å². The van der Waals surface area contributed by atoms with Crippen LogP contribution < -0.4 is 11.1 Å². The number of carbonyl (C=O) groups is 3. The maximum atomic E-state index is 11.6. The standard InChI is InChI=1S/C13H15Cl2NO4.C10H11Cl2NO2.C2H6O.Cl2OS.ClH/c1-13(2,3)20-12(19)16-10(11(17)18)7-4-5-8(14)9(15)6-7;1-2-15-10(14)9(13)6-3-4-7(11)8(12)5-6;1-2-3;1-4(2)3;/h4-6,10H,1-3H3,(H,16,19)(H,17,18);3-5,9H,2,13H2,1H3;3H,2H2,1H3;;1H. The summed E-state index contributed by atoms with van der Waals surface area (Å²) in [6.07, 6.45) is -0.823. The minimum Gasteiger partial charge on any atom is -0.479 e. The van der Waals surface area contributed by atoms with E-state index in [1.165, 1.54) is 18.2 Å². The maximum Gasteiger partial charge on any atom is 0.408 e. The minimum absolute atomic E-state index is 0. The second kappa shape index (κ2) is 24.0. The highest BCUT2D eigenvalue weighted by atomic mass is 36.0. The van der Waals surface area contributed by atoms with E-state index in [-0.39, 0.29) is 24.0 Å². The van der Waals surface area contributed by atoms with Crippen molar-refractivity contribution in [3.63, 3.8) is 0 Å². The number of aliphatic hydroxyl groups excluding tert-OH is 1. The lowest BCUT2D eigenvalue weighted by atomic mass is 10.1. The zero-order valence-electron chi connectivity index (χ0n) is 23.5. The van der Waals surface area contributed by atoms with E-state index in [1.807, 2.05) is 0 Å². The predicted octanol–water partition coefficient (Wildman–Crippen LogP) is 7.66. The van der Waals surface area contributed by atoms with Gasteiger partial charge in [-0.15, -0.1) is 12.4 Å². The molecular weight excluding hydrogens is 737 g/mol. The molecule has 10 nitrogen and oxygen atoms in total. The van der Waals surface area contributed by atoms with Gasteiger partial charge in [-0.1, -0.05) is 58.5 Å². The predicted molar refractivity (Wildman–Crippen MR) is 176 cm³/mol. The summed E-state index contributed by atoms with van der Waals surface area (Å²) in [6.45, 7) is 9.00. The van der Waals surface area contributed by atoms with Crippen molar-refractivity contribution in [2.24, 2.45) is 5.73 Å². The number of carboxylic acids is 1. The lowest BCUT2D eigenvalue weighted by Crippen LogP contribution is -2.38. The number of amides is 1. The Morgan fingerprint density at radius 3 is 1.67 bits per heavy atom. The quantitative estimate of drug-likeness (QED) is 0.171. The summed E-state index contributed by atoms with van der Waals surface area (Å²) in [5.41, 5.74) is 5.84. The fraction of sp³-hybridized carbons (Fsp3) is 0.400. The Morgan fingerprint density at radius 1 is 0.930 bits per heavy atom. The van der Waals surface area contributed by atoms with E-state index in [2.05, 4.69) is 26.7 Å². The number of nitrogens with one attached hydrogen (secondary N) is 1. The highest BCUT2D eigenvalue weighted by Crippen LogP contribution is 2.27. The number of aliphatic carboxylic acids is 1. The first-order valence-corrected chi connectivity index (χ1v) is 16.0. The van der Waals surface area contributed by atoms with Gasteiger partial charge in [0.05, 0.1) is 26.7 Å². The first-order chi connectivity index (χ1) is 19.3. The average molecular weight is 770 g/mol. The van der Waals surface area contributed by atoms with Gasteiger partial charge in [-0.3, -0.25) is 0 Å². The Balaban J connectivity index is -0.000000613. The Labute approximate surface area is 288 Å². The molecule has 18 heteroatoms. The number of benzene rings is 2. The van der Waals surface area contributed by atoms with Crippen molar-refractivity contribution in [3.05, 3.63) is 67.6 Å². The second-order valence-electron chi connectivity index (χ2n) is 8.49. The van der Waals surface area contributed by atoms with Gasteiger partial charge in [0.2, 0.25) is 9.23 Å². The van der Waals surface area contributed by atoms with Crippen LogP contribution in [-0.4, -0.2) is 51.3 Å². The van der Waals surface area contributed by atoms with Crippen molar-refractivity contribution in [3.8, 4) is 0 Å². The van der Waals surface area contributed by atoms with Crippen molar-refractivity contribution >= 4 is 107 Å². The molecule has 0 heterocycles. The molecule has 2 aromatic rings. The van der Waals surface area contributed by atoms with Crippen molar-refractivity contribution < 1.29 is 38.3 Å². The van der Waals surface area contributed by atoms with E-state index in [9.17, 15) is 19.5 Å². The molecule has 0 radical (unpaired) electrons. The summed E-state index contributed by atoms with van der Waals surface area (Å²) in [5.74, 6) is -1.70. The van der Waals surface area contributed by atoms with Gasteiger partial charge in [-0.25, -0.2) is 18.6 Å². The molecule has 1 amide bonds. The van der Waals surface area contributed by atoms with E-state index in [1.54, 1.807) is 52.8 Å². The summed E-state index contributed by atoms with van der Waals surface area (Å²) in [4.78, 5) is 34.2. The van der Waals surface area contributed by atoms with Crippen LogP contribution >= 0.6 is 80.2 Å². The number of carbonyl (C=O) groups excluding carboxylic acids is 2. The van der Waals surface area contributed by atoms with Gasteiger partial charge in [-0.2, -0.15) is 0 Å². The molecule has 0 aliphatic rings. The molecule has 0 fully saturated rings. The van der Waals surface area contributed by atoms with Crippen LogP contribution in [0.5, 0.6) is 0 Å². The Hall–Kier alpha value is -1.25. The van der Waals surface area contributed by atoms with Crippen LogP contribution in [0.3, 0.4) is 0 Å². The summed E-state index contributed by atoms with van der Waals surface area (Å²) in [7, 11) is 7.36. The van der Waals surface area contributed by atoms with Crippen molar-refractivity contribution in [1.82, 2.24) is 5.32 Å². The fourth-order valence-electron chi connectivity index (χ4n) is 2.48. The number of ether oxygens (including phenoxy) is 2. The van der Waals surface area contributed by atoms with Crippen LogP contribution in [0.4, 0.5) is 4.79 Å². The molecule has 0 bridgehead atoms. The van der Waals surface area contributed by atoms with E-state index >= 15 is 0 Å². The maximum absolute atomic E-state index is 11.6. The lowest BCUT2D eigenvalue weighted by molar-refractivity contribution is -0.145. The number of hydrogen-bond acceptors (Lipinski definition) is 8. The topological polar surface area (TPSA) is 165 Å². The summed E-state index contributed by atoms with van der Waals surface area (Å²) >= 11 is 23.1. The van der Waals surface area contributed by atoms with Gasteiger partial charge in [0.1, 0.15) is 11.6 Å². The molecule has 43 heavy (non-hydrogen) atoms. The molecule has 0 aliphatic carbocycles. The van der Waals surface area contributed by atoms with Crippen LogP contribution in [0.1, 0.15) is 57.8 Å². The third-order valence-corrected chi connectivity index (χ3v) is 5.51. The fourth-order valence-corrected chi connectivity index (χ4v) is 3.09. The summed E-state index contributed by atoms with van der Waals surface area (Å²) in [6, 6.07) is 7.05.